The van der Waals surface area contributed by atoms with Crippen molar-refractivity contribution in [1.29, 1.82) is 0 Å². The van der Waals surface area contributed by atoms with Crippen LogP contribution in [-0.4, -0.2) is 34.5 Å². The fourth-order valence-corrected chi connectivity index (χ4v) is 1.48. The number of hydrogen-bond acceptors (Lipinski definition) is 5. The molecule has 0 aliphatic heterocycles. The summed E-state index contributed by atoms with van der Waals surface area (Å²) in [5, 5.41) is 28.6. The van der Waals surface area contributed by atoms with Gasteiger partial charge in [-0.05, 0) is 17.7 Å². The third-order valence-corrected chi connectivity index (χ3v) is 2.58. The Hall–Kier alpha value is -1.30. The summed E-state index contributed by atoms with van der Waals surface area (Å²) in [7, 11) is 1.19. The number of halogens is 1. The van der Waals surface area contributed by atoms with E-state index in [9.17, 15) is 20.1 Å². The normalized spacial score (nSPS) is 14.1. The summed E-state index contributed by atoms with van der Waals surface area (Å²) < 4.78 is 4.37. The summed E-state index contributed by atoms with van der Waals surface area (Å²) in [6, 6.07) is 4.03. The van der Waals surface area contributed by atoms with E-state index in [1.807, 2.05) is 0 Å². The number of ether oxygens (including phenoxy) is 1. The lowest BCUT2D eigenvalue weighted by Gasteiger charge is -2.17. The van der Waals surface area contributed by atoms with Gasteiger partial charge in [-0.1, -0.05) is 17.7 Å². The van der Waals surface area contributed by atoms with E-state index in [4.69, 9.17) is 11.6 Å². The Bertz CT molecular complexity index is 407. The molecule has 0 aromatic heterocycles. The number of benzene rings is 1. The SMILES string of the molecule is COC(=O)CC(O)C(O)c1ccc(O)c(Cl)c1. The number of carbonyl (C=O) groups is 1. The Kier molecular flexibility index (Phi) is 4.74. The molecule has 0 aliphatic carbocycles. The molecule has 0 heterocycles. The third kappa shape index (κ3) is 3.59. The number of aliphatic hydroxyl groups is 2. The van der Waals surface area contributed by atoms with Crippen LogP contribution in [0.4, 0.5) is 0 Å². The molecule has 1 rings (SSSR count). The fourth-order valence-electron chi connectivity index (χ4n) is 1.29. The number of aliphatic hydroxyl groups excluding tert-OH is 2. The van der Waals surface area contributed by atoms with Crippen LogP contribution in [0, 0.1) is 0 Å². The molecule has 1 aromatic carbocycles. The molecule has 0 spiro atoms. The molecule has 0 fully saturated rings. The first kappa shape index (κ1) is 13.8. The van der Waals surface area contributed by atoms with Crippen LogP contribution in [0.25, 0.3) is 0 Å². The zero-order valence-corrected chi connectivity index (χ0v) is 9.89. The van der Waals surface area contributed by atoms with E-state index in [1.165, 1.54) is 25.3 Å². The lowest BCUT2D eigenvalue weighted by atomic mass is 10.0. The van der Waals surface area contributed by atoms with Gasteiger partial charge >= 0.3 is 5.97 Å². The van der Waals surface area contributed by atoms with E-state index in [-0.39, 0.29) is 17.2 Å². The molecule has 0 saturated heterocycles. The van der Waals surface area contributed by atoms with Gasteiger partial charge in [0.1, 0.15) is 11.9 Å². The smallest absolute Gasteiger partial charge is 0.308 e. The molecule has 6 heteroatoms. The molecule has 3 N–H and O–H groups in total. The van der Waals surface area contributed by atoms with Gasteiger partial charge in [-0.2, -0.15) is 0 Å². The van der Waals surface area contributed by atoms with Gasteiger partial charge in [0.05, 0.1) is 24.7 Å². The minimum Gasteiger partial charge on any atom is -0.506 e. The third-order valence-electron chi connectivity index (χ3n) is 2.28. The maximum absolute atomic E-state index is 10.9. The van der Waals surface area contributed by atoms with E-state index in [0.717, 1.165) is 0 Å². The van der Waals surface area contributed by atoms with Crippen LogP contribution in [-0.2, 0) is 9.53 Å². The molecule has 2 atom stereocenters. The average Bonchev–Trinajstić information content (AvgIpc) is 2.31. The molecule has 5 nitrogen and oxygen atoms in total. The van der Waals surface area contributed by atoms with Gasteiger partial charge in [-0.3, -0.25) is 4.79 Å². The van der Waals surface area contributed by atoms with Crippen LogP contribution in [0.1, 0.15) is 18.1 Å². The predicted molar refractivity (Wildman–Crippen MR) is 60.7 cm³/mol. The highest BCUT2D eigenvalue weighted by Gasteiger charge is 2.22. The number of carbonyl (C=O) groups excluding carboxylic acids is 1. The first-order valence-electron chi connectivity index (χ1n) is 4.87. The lowest BCUT2D eigenvalue weighted by molar-refractivity contribution is -0.144. The summed E-state index contributed by atoms with van der Waals surface area (Å²) in [6.45, 7) is 0. The Morgan fingerprint density at radius 3 is 2.65 bits per heavy atom. The number of hydrogen-bond donors (Lipinski definition) is 3. The number of methoxy groups -OCH3 is 1. The first-order chi connectivity index (χ1) is 7.95. The zero-order chi connectivity index (χ0) is 13.0. The summed E-state index contributed by atoms with van der Waals surface area (Å²) in [5.74, 6) is -0.744. The van der Waals surface area contributed by atoms with Crippen LogP contribution in [0.15, 0.2) is 18.2 Å². The van der Waals surface area contributed by atoms with Crippen molar-refractivity contribution >= 4 is 17.6 Å². The highest BCUT2D eigenvalue weighted by molar-refractivity contribution is 6.32. The molecule has 17 heavy (non-hydrogen) atoms. The van der Waals surface area contributed by atoms with Crippen molar-refractivity contribution in [2.24, 2.45) is 0 Å². The number of phenols is 1. The molecule has 0 bridgehead atoms. The van der Waals surface area contributed by atoms with Crippen molar-refractivity contribution in [2.45, 2.75) is 18.6 Å². The molecule has 0 saturated carbocycles. The van der Waals surface area contributed by atoms with Gasteiger partial charge < -0.3 is 20.1 Å². The molecular weight excluding hydrogens is 248 g/mol. The highest BCUT2D eigenvalue weighted by Crippen LogP contribution is 2.28. The van der Waals surface area contributed by atoms with Crippen LogP contribution in [0.5, 0.6) is 5.75 Å². The Morgan fingerprint density at radius 2 is 2.12 bits per heavy atom. The second kappa shape index (κ2) is 5.86. The second-order valence-electron chi connectivity index (χ2n) is 3.50. The molecule has 0 amide bonds. The van der Waals surface area contributed by atoms with E-state index < -0.39 is 18.2 Å². The molecule has 0 aliphatic rings. The Balaban J connectivity index is 2.77. The van der Waals surface area contributed by atoms with Crippen molar-refractivity contribution in [3.05, 3.63) is 28.8 Å². The summed E-state index contributed by atoms with van der Waals surface area (Å²) in [4.78, 5) is 10.9. The van der Waals surface area contributed by atoms with Gasteiger partial charge in [0.15, 0.2) is 0 Å². The lowest BCUT2D eigenvalue weighted by Crippen LogP contribution is -2.22. The molecular formula is C11H13ClO5. The molecule has 0 radical (unpaired) electrons. The van der Waals surface area contributed by atoms with Crippen LogP contribution in [0.2, 0.25) is 5.02 Å². The molecule has 2 unspecified atom stereocenters. The zero-order valence-electron chi connectivity index (χ0n) is 9.13. The van der Waals surface area contributed by atoms with E-state index in [0.29, 0.717) is 5.56 Å². The van der Waals surface area contributed by atoms with Gasteiger partial charge in [-0.15, -0.1) is 0 Å². The van der Waals surface area contributed by atoms with Crippen LogP contribution < -0.4 is 0 Å². The Labute approximate surface area is 103 Å². The minimum absolute atomic E-state index is 0.0619. The number of phenolic OH excluding ortho intramolecular Hbond substituents is 1. The van der Waals surface area contributed by atoms with Crippen molar-refractivity contribution in [3.8, 4) is 5.75 Å². The molecule has 1 aromatic rings. The molecule has 94 valence electrons. The number of esters is 1. The van der Waals surface area contributed by atoms with Crippen molar-refractivity contribution in [2.75, 3.05) is 7.11 Å². The van der Waals surface area contributed by atoms with Crippen LogP contribution >= 0.6 is 11.6 Å². The maximum atomic E-state index is 10.9. The summed E-state index contributed by atoms with van der Waals surface area (Å²) >= 11 is 5.66. The Morgan fingerprint density at radius 1 is 1.47 bits per heavy atom. The summed E-state index contributed by atoms with van der Waals surface area (Å²) in [5.41, 5.74) is 0.309. The van der Waals surface area contributed by atoms with Crippen LogP contribution in [0.3, 0.4) is 0 Å². The predicted octanol–water partition coefficient (Wildman–Crippen LogP) is 1.00. The van der Waals surface area contributed by atoms with Crippen molar-refractivity contribution in [3.63, 3.8) is 0 Å². The van der Waals surface area contributed by atoms with E-state index >= 15 is 0 Å². The minimum atomic E-state index is -1.29. The fraction of sp³-hybridized carbons (Fsp3) is 0.364. The van der Waals surface area contributed by atoms with Gasteiger partial charge in [0, 0.05) is 0 Å². The first-order valence-corrected chi connectivity index (χ1v) is 5.25. The standard InChI is InChI=1S/C11H13ClO5/c1-17-10(15)5-9(14)11(16)6-2-3-8(13)7(12)4-6/h2-4,9,11,13-14,16H,5H2,1H3. The second-order valence-corrected chi connectivity index (χ2v) is 3.91. The van der Waals surface area contributed by atoms with E-state index in [2.05, 4.69) is 4.74 Å². The van der Waals surface area contributed by atoms with Crippen molar-refractivity contribution < 1.29 is 24.9 Å². The largest absolute Gasteiger partial charge is 0.506 e. The van der Waals surface area contributed by atoms with Gasteiger partial charge in [0.2, 0.25) is 0 Å². The number of rotatable bonds is 4. The van der Waals surface area contributed by atoms with Crippen molar-refractivity contribution in [1.82, 2.24) is 0 Å². The monoisotopic (exact) mass is 260 g/mol. The quantitative estimate of drug-likeness (QED) is 0.703. The van der Waals surface area contributed by atoms with E-state index in [1.54, 1.807) is 0 Å². The average molecular weight is 261 g/mol. The van der Waals surface area contributed by atoms with Gasteiger partial charge in [-0.25, -0.2) is 0 Å². The topological polar surface area (TPSA) is 87.0 Å². The number of aromatic hydroxyl groups is 1. The summed E-state index contributed by atoms with van der Waals surface area (Å²) in [6.07, 6.45) is -2.88. The van der Waals surface area contributed by atoms with Gasteiger partial charge in [0.25, 0.3) is 0 Å². The highest BCUT2D eigenvalue weighted by atomic mass is 35.5. The maximum Gasteiger partial charge on any atom is 0.308 e.